The number of aliphatic carboxylic acids is 1. The number of hydrogen-bond acceptors (Lipinski definition) is 22. The van der Waals surface area contributed by atoms with Gasteiger partial charge in [0, 0.05) is 22.0 Å². The van der Waals surface area contributed by atoms with Gasteiger partial charge in [0.15, 0.2) is 31.1 Å². The third-order valence-electron chi connectivity index (χ3n) is 21.3. The van der Waals surface area contributed by atoms with Gasteiger partial charge in [-0.3, -0.25) is 0 Å². The van der Waals surface area contributed by atoms with Crippen molar-refractivity contribution in [2.24, 2.45) is 50.2 Å². The lowest BCUT2D eigenvalue weighted by molar-refractivity contribution is -0.392. The molecule has 23 heteroatoms. The summed E-state index contributed by atoms with van der Waals surface area (Å²) < 4.78 is 48.9. The molecule has 0 spiro atoms. The number of ether oxygens (including phenoxy) is 8. The number of carbonyl (C=O) groups is 3. The second kappa shape index (κ2) is 22.7. The minimum Gasteiger partial charge on any atom is -0.479 e. The first-order valence-electron chi connectivity index (χ1n) is 28.1. The molecule has 0 bridgehead atoms. The Balaban J connectivity index is 1.14. The third kappa shape index (κ3) is 9.85. The summed E-state index contributed by atoms with van der Waals surface area (Å²) in [7, 11) is 0. The Morgan fingerprint density at radius 1 is 0.675 bits per heavy atom. The van der Waals surface area contributed by atoms with Gasteiger partial charge in [-0.15, -0.1) is 0 Å². The Kier molecular flexibility index (Phi) is 17.9. The Morgan fingerprint density at radius 3 is 1.86 bits per heavy atom. The van der Waals surface area contributed by atoms with Crippen molar-refractivity contribution in [2.45, 2.75) is 231 Å². The minimum absolute atomic E-state index is 0.153. The average Bonchev–Trinajstić information content (AvgIpc) is 1.98. The van der Waals surface area contributed by atoms with Crippen LogP contribution in [0.5, 0.6) is 0 Å². The fraction of sp³-hybridized carbons (Fsp3) is 0.842. The number of carboxylic acid groups (broad SMARTS) is 1. The highest BCUT2D eigenvalue weighted by Crippen LogP contribution is 2.76. The summed E-state index contributed by atoms with van der Waals surface area (Å²) in [4.78, 5) is 40.3. The molecule has 0 amide bonds. The van der Waals surface area contributed by atoms with Crippen LogP contribution in [0.3, 0.4) is 0 Å². The van der Waals surface area contributed by atoms with Gasteiger partial charge in [0.1, 0.15) is 67.1 Å². The van der Waals surface area contributed by atoms with Crippen molar-refractivity contribution < 1.29 is 114 Å². The standard InChI is InChI=1S/C57H88O23/c1-12-24(3)47(71)79-44-45(80-48(72)25(4)13-2)57(23-59)27(20-52(44,5)6)26-14-15-31-54(9)18-17-32(53(7,8)30(54)16-19-55(31,10)56(26,11)42(67)43(57)68)75-51-41(78-50-37(65)35(63)34(62)29(21-58)74-50)39(38(66)40(77-51)46(69)70)76-49-36(64)33(61)28(60)22-73-49/h12-14,27-45,49-51,58-68H,15-23H2,1-11H3,(H,69,70)/b24-12+,25-13-/t27?,28-,29-,30?,31?,32+,33+,34+,35+,36-,37-,38+,39+,40+,41-,42+,43-,44+,45+,49+,50+,51+,54+,55-,56+,57+/m1/s1. The Bertz CT molecular complexity index is 2390. The van der Waals surface area contributed by atoms with Crippen LogP contribution in [0.2, 0.25) is 0 Å². The molecule has 0 radical (unpaired) electrons. The maximum absolute atomic E-state index is 13.9. The zero-order valence-electron chi connectivity index (χ0n) is 47.7. The van der Waals surface area contributed by atoms with Crippen molar-refractivity contribution in [3.8, 4) is 0 Å². The van der Waals surface area contributed by atoms with Gasteiger partial charge in [0.25, 0.3) is 0 Å². The molecule has 5 aliphatic carbocycles. The Hall–Kier alpha value is -3.05. The summed E-state index contributed by atoms with van der Waals surface area (Å²) in [6.07, 6.45) is -24.4. The number of aliphatic hydroxyl groups is 11. The highest BCUT2D eigenvalue weighted by atomic mass is 16.8. The molecule has 4 saturated carbocycles. The van der Waals surface area contributed by atoms with Gasteiger partial charge in [-0.2, -0.15) is 0 Å². The summed E-state index contributed by atoms with van der Waals surface area (Å²) in [6, 6.07) is 0. The van der Waals surface area contributed by atoms with Crippen molar-refractivity contribution >= 4 is 17.9 Å². The van der Waals surface area contributed by atoms with Crippen LogP contribution in [0.1, 0.15) is 115 Å². The lowest BCUT2D eigenvalue weighted by Gasteiger charge is -2.73. The molecule has 26 atom stereocenters. The van der Waals surface area contributed by atoms with E-state index in [9.17, 15) is 75.7 Å². The molecule has 80 heavy (non-hydrogen) atoms. The summed E-state index contributed by atoms with van der Waals surface area (Å²) in [6.45, 7) is 18.6. The molecule has 3 aliphatic heterocycles. The van der Waals surface area contributed by atoms with E-state index in [0.29, 0.717) is 37.7 Å². The lowest BCUT2D eigenvalue weighted by Crippen LogP contribution is -2.76. The topological polar surface area (TPSA) is 368 Å². The van der Waals surface area contributed by atoms with Crippen molar-refractivity contribution in [3.05, 3.63) is 34.9 Å². The van der Waals surface area contributed by atoms with Crippen LogP contribution in [-0.4, -0.2) is 216 Å². The van der Waals surface area contributed by atoms with E-state index < -0.39 is 193 Å². The molecular weight excluding hydrogens is 1050 g/mol. The number of rotatable bonds is 13. The van der Waals surface area contributed by atoms with Gasteiger partial charge < -0.3 is 99.2 Å². The maximum atomic E-state index is 13.9. The molecule has 0 aromatic carbocycles. The van der Waals surface area contributed by atoms with Gasteiger partial charge >= 0.3 is 17.9 Å². The molecule has 7 fully saturated rings. The molecule has 3 unspecified atom stereocenters. The molecule has 3 saturated heterocycles. The number of hydrogen-bond donors (Lipinski definition) is 12. The molecule has 0 aromatic rings. The van der Waals surface area contributed by atoms with Crippen LogP contribution in [-0.2, 0) is 52.3 Å². The highest BCUT2D eigenvalue weighted by molar-refractivity contribution is 5.89. The van der Waals surface area contributed by atoms with Crippen molar-refractivity contribution in [1.29, 1.82) is 0 Å². The van der Waals surface area contributed by atoms with Crippen LogP contribution in [0.4, 0.5) is 0 Å². The quantitative estimate of drug-likeness (QED) is 0.0509. The van der Waals surface area contributed by atoms with Gasteiger partial charge in [0.2, 0.25) is 0 Å². The summed E-state index contributed by atoms with van der Waals surface area (Å²) in [5, 5.41) is 134. The molecule has 23 nitrogen and oxygen atoms in total. The fourth-order valence-corrected chi connectivity index (χ4v) is 16.2. The number of carbonyl (C=O) groups excluding carboxylic acids is 2. The average molecular weight is 1140 g/mol. The van der Waals surface area contributed by atoms with E-state index in [4.69, 9.17) is 37.9 Å². The van der Waals surface area contributed by atoms with Gasteiger partial charge in [-0.1, -0.05) is 72.3 Å². The predicted octanol–water partition coefficient (Wildman–Crippen LogP) is 0.263. The first-order valence-corrected chi connectivity index (χ1v) is 28.1. The number of esters is 2. The maximum Gasteiger partial charge on any atom is 0.335 e. The van der Waals surface area contributed by atoms with E-state index in [1.165, 1.54) is 0 Å². The number of allylic oxidation sites excluding steroid dienone is 3. The van der Waals surface area contributed by atoms with Crippen LogP contribution in [0.25, 0.3) is 0 Å². The van der Waals surface area contributed by atoms with E-state index in [1.54, 1.807) is 39.8 Å². The van der Waals surface area contributed by atoms with Crippen LogP contribution < -0.4 is 0 Å². The minimum atomic E-state index is -2.13. The van der Waals surface area contributed by atoms with E-state index in [1.807, 2.05) is 34.6 Å². The normalized spacial score (nSPS) is 49.2. The van der Waals surface area contributed by atoms with E-state index in [0.717, 1.165) is 5.57 Å². The van der Waals surface area contributed by atoms with Gasteiger partial charge in [-0.25, -0.2) is 14.4 Å². The van der Waals surface area contributed by atoms with Crippen LogP contribution in [0.15, 0.2) is 34.9 Å². The van der Waals surface area contributed by atoms with E-state index in [-0.39, 0.29) is 23.8 Å². The summed E-state index contributed by atoms with van der Waals surface area (Å²) in [5.41, 5.74) is -4.41. The fourth-order valence-electron chi connectivity index (χ4n) is 16.2. The third-order valence-corrected chi connectivity index (χ3v) is 21.3. The molecule has 8 rings (SSSR count). The van der Waals surface area contributed by atoms with Crippen LogP contribution in [0, 0.1) is 50.2 Å². The highest BCUT2D eigenvalue weighted by Gasteiger charge is 2.76. The number of carboxylic acids is 1. The summed E-state index contributed by atoms with van der Waals surface area (Å²) >= 11 is 0. The first-order chi connectivity index (χ1) is 37.3. The lowest BCUT2D eigenvalue weighted by atomic mass is 9.32. The molecule has 0 aromatic heterocycles. The molecule has 3 heterocycles. The number of aliphatic hydroxyl groups excluding tert-OH is 11. The van der Waals surface area contributed by atoms with Gasteiger partial charge in [0.05, 0.1) is 43.5 Å². The Morgan fingerprint density at radius 2 is 1.27 bits per heavy atom. The van der Waals surface area contributed by atoms with E-state index >= 15 is 0 Å². The molecule has 8 aliphatic rings. The second-order valence-corrected chi connectivity index (χ2v) is 26.1. The molecular formula is C57H88O23. The first kappa shape index (κ1) is 63.0. The molecule has 12 N–H and O–H groups in total. The Labute approximate surface area is 466 Å². The van der Waals surface area contributed by atoms with Crippen molar-refractivity contribution in [3.63, 3.8) is 0 Å². The van der Waals surface area contributed by atoms with Crippen LogP contribution >= 0.6 is 0 Å². The largest absolute Gasteiger partial charge is 0.479 e. The summed E-state index contributed by atoms with van der Waals surface area (Å²) in [5.74, 6) is -4.02. The van der Waals surface area contributed by atoms with E-state index in [2.05, 4.69) is 19.9 Å². The van der Waals surface area contributed by atoms with Crippen molar-refractivity contribution in [2.75, 3.05) is 19.8 Å². The SMILES string of the molecule is C/C=C(/C)C(=O)O[C@H]1[C@H](OC(=O)/C(C)=C/C)C(C)(C)CC2C3=CCC4[C@@]5(C)CC[C@H](O[C@H]6O[C@H](C(=O)O)[C@@H](O)[C@H](O[C@@H]7OC[C@@H](O)[C@H](O)[C@H]7O)[C@H]6O[C@@H]6O[C@H](CO)[C@H](O)[C@H](O)[C@H]6O)C(C)(C)C5CC[C@@]4(C)[C@]3(C)[C@@H](O)[C@@H](O)[C@]21CO. The predicted molar refractivity (Wildman–Crippen MR) is 277 cm³/mol. The van der Waals surface area contributed by atoms with Gasteiger partial charge in [-0.05, 0) is 100 Å². The number of fused-ring (bicyclic) bond motifs is 7. The monoisotopic (exact) mass is 1140 g/mol. The zero-order chi connectivity index (χ0) is 59.3. The second-order valence-electron chi connectivity index (χ2n) is 26.1. The zero-order valence-corrected chi connectivity index (χ0v) is 47.7. The molecule has 454 valence electrons. The van der Waals surface area contributed by atoms with Crippen molar-refractivity contribution in [1.82, 2.24) is 0 Å². The smallest absolute Gasteiger partial charge is 0.335 e.